The Bertz CT molecular complexity index is 2170. The molecule has 0 atom stereocenters. The molecule has 8 rings (SSSR count). The highest BCUT2D eigenvalue weighted by Gasteiger charge is 2.47. The third kappa shape index (κ3) is 3.62. The van der Waals surface area contributed by atoms with Crippen molar-refractivity contribution >= 4 is 43.7 Å². The van der Waals surface area contributed by atoms with Gasteiger partial charge >= 0.3 is 0 Å². The lowest BCUT2D eigenvalue weighted by atomic mass is 9.67. The number of hydrogen-bond donors (Lipinski definition) is 0. The maximum Gasteiger partial charge on any atom is 0.0714 e. The van der Waals surface area contributed by atoms with E-state index in [1.807, 2.05) is 23.5 Å². The van der Waals surface area contributed by atoms with Crippen LogP contribution in [0.3, 0.4) is 0 Å². The van der Waals surface area contributed by atoms with Crippen molar-refractivity contribution in [3.8, 4) is 22.3 Å². The standard InChI is InChI=1S/C42H30S/c1-4-31-32(5-2)41-34-22-20-27(3)24-37(34)42(29-14-8-6-9-15-29,30-16-10-7-11-17-30)38(41)26-35(31)28-21-23-40-36(25-28)33-18-12-13-19-39(33)43-40/h4-26H,1-2H2,3H3. The molecule has 0 saturated carbocycles. The minimum absolute atomic E-state index is 0.482. The summed E-state index contributed by atoms with van der Waals surface area (Å²) in [5.74, 6) is 0. The van der Waals surface area contributed by atoms with Gasteiger partial charge in [-0.2, -0.15) is 0 Å². The summed E-state index contributed by atoms with van der Waals surface area (Å²) in [5, 5.41) is 2.60. The molecule has 6 aromatic carbocycles. The molecule has 7 aromatic rings. The number of hydrogen-bond acceptors (Lipinski definition) is 1. The van der Waals surface area contributed by atoms with E-state index in [0.29, 0.717) is 0 Å². The Morgan fingerprint density at radius 3 is 1.91 bits per heavy atom. The van der Waals surface area contributed by atoms with E-state index < -0.39 is 5.41 Å². The molecule has 0 saturated heterocycles. The van der Waals surface area contributed by atoms with Crippen LogP contribution >= 0.6 is 11.3 Å². The Morgan fingerprint density at radius 1 is 0.558 bits per heavy atom. The Hall–Kier alpha value is -4.98. The van der Waals surface area contributed by atoms with Crippen molar-refractivity contribution in [1.82, 2.24) is 0 Å². The van der Waals surface area contributed by atoms with Crippen LogP contribution in [0.15, 0.2) is 141 Å². The van der Waals surface area contributed by atoms with Gasteiger partial charge in [0.2, 0.25) is 0 Å². The quantitative estimate of drug-likeness (QED) is 0.194. The summed E-state index contributed by atoms with van der Waals surface area (Å²) < 4.78 is 2.62. The minimum atomic E-state index is -0.482. The summed E-state index contributed by atoms with van der Waals surface area (Å²) in [6, 6.07) is 47.0. The van der Waals surface area contributed by atoms with Gasteiger partial charge < -0.3 is 0 Å². The highest BCUT2D eigenvalue weighted by molar-refractivity contribution is 7.25. The summed E-state index contributed by atoms with van der Waals surface area (Å²) in [4.78, 5) is 0. The largest absolute Gasteiger partial charge is 0.135 e. The van der Waals surface area contributed by atoms with Gasteiger partial charge in [0.1, 0.15) is 0 Å². The second-order valence-corrected chi connectivity index (χ2v) is 12.5. The van der Waals surface area contributed by atoms with Crippen LogP contribution in [0.25, 0.3) is 54.6 Å². The van der Waals surface area contributed by atoms with Crippen LogP contribution in [-0.2, 0) is 5.41 Å². The van der Waals surface area contributed by atoms with E-state index in [0.717, 1.165) is 11.1 Å². The van der Waals surface area contributed by atoms with Crippen molar-refractivity contribution < 1.29 is 0 Å². The molecular formula is C42H30S. The zero-order valence-corrected chi connectivity index (χ0v) is 24.9. The number of rotatable bonds is 5. The first-order valence-electron chi connectivity index (χ1n) is 14.8. The molecular weight excluding hydrogens is 537 g/mol. The predicted octanol–water partition coefficient (Wildman–Crippen LogP) is 11.7. The van der Waals surface area contributed by atoms with Crippen molar-refractivity contribution in [3.05, 3.63) is 179 Å². The average molecular weight is 567 g/mol. The Morgan fingerprint density at radius 2 is 1.21 bits per heavy atom. The van der Waals surface area contributed by atoms with Crippen LogP contribution in [0.4, 0.5) is 0 Å². The monoisotopic (exact) mass is 566 g/mol. The van der Waals surface area contributed by atoms with E-state index in [1.54, 1.807) is 0 Å². The molecule has 0 radical (unpaired) electrons. The lowest BCUT2D eigenvalue weighted by Crippen LogP contribution is -2.28. The summed E-state index contributed by atoms with van der Waals surface area (Å²) in [7, 11) is 0. The molecule has 43 heavy (non-hydrogen) atoms. The van der Waals surface area contributed by atoms with Gasteiger partial charge in [0.25, 0.3) is 0 Å². The van der Waals surface area contributed by atoms with Crippen LogP contribution in [0.2, 0.25) is 0 Å². The van der Waals surface area contributed by atoms with Crippen molar-refractivity contribution in [1.29, 1.82) is 0 Å². The van der Waals surface area contributed by atoms with Crippen LogP contribution in [0.1, 0.15) is 38.9 Å². The molecule has 0 bridgehead atoms. The van der Waals surface area contributed by atoms with Gasteiger partial charge in [-0.05, 0) is 86.8 Å². The van der Waals surface area contributed by atoms with Gasteiger partial charge in [0, 0.05) is 20.2 Å². The molecule has 0 amide bonds. The summed E-state index contributed by atoms with van der Waals surface area (Å²) >= 11 is 1.85. The Kier molecular flexibility index (Phi) is 5.86. The van der Waals surface area contributed by atoms with Crippen LogP contribution in [0.5, 0.6) is 0 Å². The van der Waals surface area contributed by atoms with Crippen LogP contribution < -0.4 is 0 Å². The highest BCUT2D eigenvalue weighted by atomic mass is 32.1. The predicted molar refractivity (Wildman–Crippen MR) is 187 cm³/mol. The number of thiophene rings is 1. The maximum absolute atomic E-state index is 4.37. The molecule has 1 aliphatic rings. The third-order valence-corrected chi connectivity index (χ3v) is 10.3. The second kappa shape index (κ2) is 9.80. The summed E-state index contributed by atoms with van der Waals surface area (Å²) in [6.07, 6.45) is 4.05. The second-order valence-electron chi connectivity index (χ2n) is 11.4. The van der Waals surface area contributed by atoms with E-state index in [9.17, 15) is 0 Å². The SMILES string of the molecule is C=Cc1c(-c2ccc3sc4ccccc4c3c2)cc2c(c1C=C)-c1ccc(C)cc1C2(c1ccccc1)c1ccccc1. The van der Waals surface area contributed by atoms with Gasteiger partial charge in [-0.1, -0.05) is 134 Å². The number of benzene rings is 6. The van der Waals surface area contributed by atoms with Crippen molar-refractivity contribution in [2.75, 3.05) is 0 Å². The maximum atomic E-state index is 4.37. The molecule has 1 heteroatoms. The number of aryl methyl sites for hydroxylation is 1. The van der Waals surface area contributed by atoms with E-state index in [1.165, 1.54) is 70.2 Å². The normalized spacial score (nSPS) is 13.1. The molecule has 1 aromatic heterocycles. The average Bonchev–Trinajstić information content (AvgIpc) is 3.57. The minimum Gasteiger partial charge on any atom is -0.135 e. The highest BCUT2D eigenvalue weighted by Crippen LogP contribution is 2.59. The van der Waals surface area contributed by atoms with E-state index in [2.05, 4.69) is 147 Å². The molecule has 0 fully saturated rings. The van der Waals surface area contributed by atoms with Crippen LogP contribution in [-0.4, -0.2) is 0 Å². The molecule has 0 unspecified atom stereocenters. The smallest absolute Gasteiger partial charge is 0.0714 e. The lowest BCUT2D eigenvalue weighted by Gasteiger charge is -2.34. The van der Waals surface area contributed by atoms with Gasteiger partial charge in [-0.15, -0.1) is 11.3 Å². The Balaban J connectivity index is 1.53. The van der Waals surface area contributed by atoms with Gasteiger partial charge in [0.05, 0.1) is 5.41 Å². The number of fused-ring (bicyclic) bond motifs is 6. The first kappa shape index (κ1) is 25.7. The fourth-order valence-corrected chi connectivity index (χ4v) is 8.45. The first-order valence-corrected chi connectivity index (χ1v) is 15.6. The van der Waals surface area contributed by atoms with Crippen molar-refractivity contribution in [2.45, 2.75) is 12.3 Å². The summed E-state index contributed by atoms with van der Waals surface area (Å²) in [6.45, 7) is 10.9. The third-order valence-electron chi connectivity index (χ3n) is 9.17. The van der Waals surface area contributed by atoms with Crippen molar-refractivity contribution in [2.24, 2.45) is 0 Å². The molecule has 0 nitrogen and oxygen atoms in total. The first-order chi connectivity index (χ1) is 21.1. The molecule has 0 spiro atoms. The zero-order valence-electron chi connectivity index (χ0n) is 24.1. The molecule has 0 N–H and O–H groups in total. The van der Waals surface area contributed by atoms with Crippen molar-refractivity contribution in [3.63, 3.8) is 0 Å². The van der Waals surface area contributed by atoms with Gasteiger partial charge in [0.15, 0.2) is 0 Å². The molecule has 204 valence electrons. The van der Waals surface area contributed by atoms with E-state index in [4.69, 9.17) is 0 Å². The molecule has 1 aliphatic carbocycles. The van der Waals surface area contributed by atoms with Gasteiger partial charge in [-0.3, -0.25) is 0 Å². The fraction of sp³-hybridized carbons (Fsp3) is 0.0476. The zero-order chi connectivity index (χ0) is 29.1. The lowest BCUT2D eigenvalue weighted by molar-refractivity contribution is 0.767. The molecule has 0 aliphatic heterocycles. The fourth-order valence-electron chi connectivity index (χ4n) is 7.37. The van der Waals surface area contributed by atoms with E-state index in [-0.39, 0.29) is 0 Å². The van der Waals surface area contributed by atoms with Gasteiger partial charge in [-0.25, -0.2) is 0 Å². The van der Waals surface area contributed by atoms with E-state index >= 15 is 0 Å². The Labute approximate surface area is 256 Å². The molecule has 1 heterocycles. The summed E-state index contributed by atoms with van der Waals surface area (Å²) in [5.41, 5.74) is 13.0. The van der Waals surface area contributed by atoms with Crippen LogP contribution in [0, 0.1) is 6.92 Å². The topological polar surface area (TPSA) is 0 Å².